The molecule has 1 aromatic heterocycles. The van der Waals surface area contributed by atoms with E-state index >= 15 is 0 Å². The second kappa shape index (κ2) is 5.13. The van der Waals surface area contributed by atoms with Gasteiger partial charge in [0.1, 0.15) is 0 Å². The van der Waals surface area contributed by atoms with Gasteiger partial charge in [0.2, 0.25) is 11.9 Å². The van der Waals surface area contributed by atoms with Gasteiger partial charge < -0.3 is 0 Å². The molecule has 2 saturated heterocycles. The molecule has 0 aliphatic carbocycles. The Morgan fingerprint density at radius 2 is 2.10 bits per heavy atom. The first-order valence-electron chi connectivity index (χ1n) is 7.49. The van der Waals surface area contributed by atoms with Gasteiger partial charge in [-0.05, 0) is 38.8 Å². The third kappa shape index (κ3) is 2.10. The highest BCUT2D eigenvalue weighted by molar-refractivity contribution is 6.03. The van der Waals surface area contributed by atoms with Crippen LogP contribution in [0.25, 0.3) is 0 Å². The minimum atomic E-state index is -0.180. The highest BCUT2D eigenvalue weighted by Gasteiger charge is 2.55. The van der Waals surface area contributed by atoms with Gasteiger partial charge in [-0.2, -0.15) is 0 Å². The van der Waals surface area contributed by atoms with E-state index in [1.54, 1.807) is 23.4 Å². The van der Waals surface area contributed by atoms with Crippen LogP contribution in [0.15, 0.2) is 18.5 Å². The van der Waals surface area contributed by atoms with Crippen LogP contribution in [0.1, 0.15) is 33.1 Å². The maximum absolute atomic E-state index is 12.6. The number of rotatable bonds is 3. The van der Waals surface area contributed by atoms with E-state index in [-0.39, 0.29) is 11.3 Å². The lowest BCUT2D eigenvalue weighted by atomic mass is 9.72. The zero-order valence-electron chi connectivity index (χ0n) is 12.2. The molecular formula is C15H22N4O. The molecule has 108 valence electrons. The van der Waals surface area contributed by atoms with Gasteiger partial charge in [0.05, 0.1) is 5.41 Å². The Balaban J connectivity index is 1.72. The maximum Gasteiger partial charge on any atom is 0.238 e. The number of likely N-dealkylation sites (tertiary alicyclic amines) is 1. The van der Waals surface area contributed by atoms with Crippen molar-refractivity contribution in [3.8, 4) is 0 Å². The Bertz CT molecular complexity index is 492. The number of hydrogen-bond acceptors (Lipinski definition) is 4. The van der Waals surface area contributed by atoms with Crippen LogP contribution in [0.4, 0.5) is 5.95 Å². The van der Waals surface area contributed by atoms with Crippen molar-refractivity contribution in [1.29, 1.82) is 0 Å². The molecule has 2 fully saturated rings. The van der Waals surface area contributed by atoms with Crippen LogP contribution < -0.4 is 4.90 Å². The number of carbonyl (C=O) groups is 1. The van der Waals surface area contributed by atoms with Crippen molar-refractivity contribution >= 4 is 11.9 Å². The number of piperidine rings is 1. The average molecular weight is 274 g/mol. The molecule has 3 heterocycles. The van der Waals surface area contributed by atoms with Crippen molar-refractivity contribution in [3.63, 3.8) is 0 Å². The van der Waals surface area contributed by atoms with Gasteiger partial charge in [0.25, 0.3) is 0 Å². The summed E-state index contributed by atoms with van der Waals surface area (Å²) in [5, 5.41) is 0. The Labute approximate surface area is 120 Å². The standard InChI is InChI=1S/C15H22N4O/c1-3-12(2)18-9-4-6-15(10-18)11-19(13(15)20)14-16-7-5-8-17-14/h5,7-8,12H,3-4,6,9-11H2,1-2H3. The molecule has 2 aliphatic heterocycles. The number of carbonyl (C=O) groups excluding carboxylic acids is 1. The first-order chi connectivity index (χ1) is 9.66. The van der Waals surface area contributed by atoms with E-state index in [1.807, 2.05) is 0 Å². The third-order valence-corrected chi connectivity index (χ3v) is 4.77. The number of amides is 1. The van der Waals surface area contributed by atoms with Crippen LogP contribution in [0.2, 0.25) is 0 Å². The van der Waals surface area contributed by atoms with E-state index in [0.717, 1.165) is 38.9 Å². The molecule has 2 aliphatic rings. The molecule has 0 saturated carbocycles. The van der Waals surface area contributed by atoms with Gasteiger partial charge in [-0.25, -0.2) is 9.97 Å². The summed E-state index contributed by atoms with van der Waals surface area (Å²) in [6, 6.07) is 2.33. The van der Waals surface area contributed by atoms with Gasteiger partial charge >= 0.3 is 0 Å². The van der Waals surface area contributed by atoms with E-state index in [1.165, 1.54) is 0 Å². The lowest BCUT2D eigenvalue weighted by Crippen LogP contribution is -2.68. The highest BCUT2D eigenvalue weighted by Crippen LogP contribution is 2.42. The van der Waals surface area contributed by atoms with Crippen LogP contribution in [0.5, 0.6) is 0 Å². The number of hydrogen-bond donors (Lipinski definition) is 0. The lowest BCUT2D eigenvalue weighted by Gasteiger charge is -2.53. The molecule has 1 spiro atoms. The molecule has 5 nitrogen and oxygen atoms in total. The minimum absolute atomic E-state index is 0.180. The van der Waals surface area contributed by atoms with E-state index in [4.69, 9.17) is 0 Å². The summed E-state index contributed by atoms with van der Waals surface area (Å²) < 4.78 is 0. The van der Waals surface area contributed by atoms with Crippen LogP contribution in [-0.2, 0) is 4.79 Å². The molecule has 0 bridgehead atoms. The molecular weight excluding hydrogens is 252 g/mol. The van der Waals surface area contributed by atoms with Gasteiger partial charge in [-0.1, -0.05) is 6.92 Å². The Kier molecular flexibility index (Phi) is 3.46. The molecule has 3 rings (SSSR count). The molecule has 1 aromatic rings. The van der Waals surface area contributed by atoms with Crippen LogP contribution >= 0.6 is 0 Å². The van der Waals surface area contributed by atoms with Crippen LogP contribution in [0.3, 0.4) is 0 Å². The SMILES string of the molecule is CCC(C)N1CCCC2(CN(c3ncccn3)C2=O)C1. The van der Waals surface area contributed by atoms with Crippen molar-refractivity contribution in [2.24, 2.45) is 5.41 Å². The van der Waals surface area contributed by atoms with Gasteiger partial charge in [0, 0.05) is 31.5 Å². The van der Waals surface area contributed by atoms with Gasteiger partial charge in [0.15, 0.2) is 0 Å². The Hall–Kier alpha value is -1.49. The normalized spacial score (nSPS) is 28.5. The monoisotopic (exact) mass is 274 g/mol. The predicted molar refractivity (Wildman–Crippen MR) is 77.4 cm³/mol. The molecule has 5 heteroatoms. The summed E-state index contributed by atoms with van der Waals surface area (Å²) in [4.78, 5) is 25.2. The zero-order valence-corrected chi connectivity index (χ0v) is 12.2. The van der Waals surface area contributed by atoms with E-state index in [0.29, 0.717) is 12.0 Å². The van der Waals surface area contributed by atoms with Crippen molar-refractivity contribution in [3.05, 3.63) is 18.5 Å². The predicted octanol–water partition coefficient (Wildman–Crippen LogP) is 1.70. The van der Waals surface area contributed by atoms with Crippen molar-refractivity contribution in [2.75, 3.05) is 24.5 Å². The van der Waals surface area contributed by atoms with Crippen LogP contribution in [0, 0.1) is 5.41 Å². The largest absolute Gasteiger partial charge is 0.300 e. The summed E-state index contributed by atoms with van der Waals surface area (Å²) >= 11 is 0. The second-order valence-electron chi connectivity index (χ2n) is 6.05. The fraction of sp³-hybridized carbons (Fsp3) is 0.667. The molecule has 0 aromatic carbocycles. The van der Waals surface area contributed by atoms with Crippen LogP contribution in [-0.4, -0.2) is 46.5 Å². The molecule has 0 N–H and O–H groups in total. The summed E-state index contributed by atoms with van der Waals surface area (Å²) in [5.41, 5.74) is -0.180. The fourth-order valence-electron chi connectivity index (χ4n) is 3.33. The third-order valence-electron chi connectivity index (χ3n) is 4.77. The zero-order chi connectivity index (χ0) is 14.2. The number of aromatic nitrogens is 2. The van der Waals surface area contributed by atoms with Gasteiger partial charge in [-0.3, -0.25) is 14.6 Å². The maximum atomic E-state index is 12.6. The molecule has 1 amide bonds. The quantitative estimate of drug-likeness (QED) is 0.787. The summed E-state index contributed by atoms with van der Waals surface area (Å²) in [5.74, 6) is 0.750. The van der Waals surface area contributed by atoms with E-state index in [9.17, 15) is 4.79 Å². The van der Waals surface area contributed by atoms with E-state index in [2.05, 4.69) is 28.7 Å². The van der Waals surface area contributed by atoms with Crippen molar-refractivity contribution in [2.45, 2.75) is 39.2 Å². The molecule has 2 atom stereocenters. The van der Waals surface area contributed by atoms with Gasteiger partial charge in [-0.15, -0.1) is 0 Å². The first kappa shape index (κ1) is 13.5. The minimum Gasteiger partial charge on any atom is -0.300 e. The average Bonchev–Trinajstić information content (AvgIpc) is 2.52. The summed E-state index contributed by atoms with van der Waals surface area (Å²) in [6.45, 7) is 7.23. The fourth-order valence-corrected chi connectivity index (χ4v) is 3.33. The highest BCUT2D eigenvalue weighted by atomic mass is 16.2. The van der Waals surface area contributed by atoms with Crippen molar-refractivity contribution in [1.82, 2.24) is 14.9 Å². The first-order valence-corrected chi connectivity index (χ1v) is 7.49. The number of anilines is 1. The molecule has 0 radical (unpaired) electrons. The Morgan fingerprint density at radius 3 is 2.75 bits per heavy atom. The molecule has 2 unspecified atom stereocenters. The summed E-state index contributed by atoms with van der Waals surface area (Å²) in [6.07, 6.45) is 6.62. The lowest BCUT2D eigenvalue weighted by molar-refractivity contribution is -0.140. The molecule has 20 heavy (non-hydrogen) atoms. The smallest absolute Gasteiger partial charge is 0.238 e. The number of nitrogens with zero attached hydrogens (tertiary/aromatic N) is 4. The topological polar surface area (TPSA) is 49.3 Å². The van der Waals surface area contributed by atoms with E-state index < -0.39 is 0 Å². The number of β-lactam (4-membered cyclic amide) rings is 1. The second-order valence-corrected chi connectivity index (χ2v) is 6.05. The summed E-state index contributed by atoms with van der Waals surface area (Å²) in [7, 11) is 0. The van der Waals surface area contributed by atoms with Crippen molar-refractivity contribution < 1.29 is 4.79 Å². The Morgan fingerprint density at radius 1 is 1.35 bits per heavy atom.